The quantitative estimate of drug-likeness (QED) is 0.704. The van der Waals surface area contributed by atoms with Crippen LogP contribution in [0.3, 0.4) is 0 Å². The van der Waals surface area contributed by atoms with Gasteiger partial charge in [0.15, 0.2) is 0 Å². The van der Waals surface area contributed by atoms with Gasteiger partial charge < -0.3 is 0 Å². The molecule has 92 valence electrons. The third kappa shape index (κ3) is 2.36. The summed E-state index contributed by atoms with van der Waals surface area (Å²) in [5.74, 6) is -0.0987. The minimum atomic E-state index is -0.0987. The molecule has 0 heterocycles. The van der Waals surface area contributed by atoms with Crippen molar-refractivity contribution in [1.82, 2.24) is 0 Å². The van der Waals surface area contributed by atoms with Crippen molar-refractivity contribution in [3.63, 3.8) is 0 Å². The molecule has 0 fully saturated rings. The molecule has 0 atom stereocenters. The van der Waals surface area contributed by atoms with Gasteiger partial charge in [0, 0.05) is 12.0 Å². The van der Waals surface area contributed by atoms with Crippen molar-refractivity contribution in [2.45, 2.75) is 6.42 Å². The minimum Gasteiger partial charge on any atom is -0.287 e. The summed E-state index contributed by atoms with van der Waals surface area (Å²) in [4.78, 5) is 11.9. The lowest BCUT2D eigenvalue weighted by molar-refractivity contribution is -0.108. The lowest BCUT2D eigenvalue weighted by Crippen LogP contribution is -2.17. The monoisotopic (exact) mass is 248 g/mol. The molecule has 0 spiro atoms. The van der Waals surface area contributed by atoms with E-state index in [1.54, 1.807) is 0 Å². The Morgan fingerprint density at radius 1 is 0.947 bits per heavy atom. The van der Waals surface area contributed by atoms with Gasteiger partial charge in [-0.3, -0.25) is 4.79 Å². The fourth-order valence-electron chi connectivity index (χ4n) is 2.03. The SMILES string of the molecule is O=C1C=Cc2ccccc2/C1=N\N=C1C=CC=CC1. The molecule has 1 aromatic rings. The third-order valence-corrected chi connectivity index (χ3v) is 3.00. The summed E-state index contributed by atoms with van der Waals surface area (Å²) in [5, 5.41) is 8.32. The second-order valence-corrected chi connectivity index (χ2v) is 4.32. The van der Waals surface area contributed by atoms with Crippen molar-refractivity contribution in [3.8, 4) is 0 Å². The van der Waals surface area contributed by atoms with Gasteiger partial charge in [-0.15, -0.1) is 5.10 Å². The van der Waals surface area contributed by atoms with E-state index in [4.69, 9.17) is 0 Å². The van der Waals surface area contributed by atoms with Gasteiger partial charge in [0.25, 0.3) is 0 Å². The first-order valence-electron chi connectivity index (χ1n) is 6.14. The first-order chi connectivity index (χ1) is 9.34. The molecule has 3 rings (SSSR count). The number of carbonyl (C=O) groups is 1. The highest BCUT2D eigenvalue weighted by Gasteiger charge is 2.18. The maximum Gasteiger partial charge on any atom is 0.206 e. The number of nitrogens with zero attached hydrogens (tertiary/aromatic N) is 2. The highest BCUT2D eigenvalue weighted by Crippen LogP contribution is 2.18. The van der Waals surface area contributed by atoms with E-state index >= 15 is 0 Å². The van der Waals surface area contributed by atoms with Crippen molar-refractivity contribution in [2.75, 3.05) is 0 Å². The molecule has 3 nitrogen and oxygen atoms in total. The highest BCUT2D eigenvalue weighted by molar-refractivity contribution is 6.52. The molecule has 0 unspecified atom stereocenters. The predicted molar refractivity (Wildman–Crippen MR) is 77.4 cm³/mol. The second-order valence-electron chi connectivity index (χ2n) is 4.32. The van der Waals surface area contributed by atoms with Crippen LogP contribution in [0.5, 0.6) is 0 Å². The van der Waals surface area contributed by atoms with E-state index in [1.807, 2.05) is 54.6 Å². The lowest BCUT2D eigenvalue weighted by atomic mass is 9.95. The smallest absolute Gasteiger partial charge is 0.206 e. The van der Waals surface area contributed by atoms with Crippen molar-refractivity contribution in [3.05, 3.63) is 65.8 Å². The Bertz CT molecular complexity index is 676. The topological polar surface area (TPSA) is 41.8 Å². The van der Waals surface area contributed by atoms with Crippen LogP contribution in [0.25, 0.3) is 6.08 Å². The Kier molecular flexibility index (Phi) is 3.02. The number of ketones is 1. The van der Waals surface area contributed by atoms with Gasteiger partial charge in [-0.25, -0.2) is 0 Å². The van der Waals surface area contributed by atoms with Gasteiger partial charge in [-0.05, 0) is 17.7 Å². The lowest BCUT2D eigenvalue weighted by Gasteiger charge is -2.10. The van der Waals surface area contributed by atoms with Crippen LogP contribution in [0.2, 0.25) is 0 Å². The van der Waals surface area contributed by atoms with Gasteiger partial charge >= 0.3 is 0 Å². The zero-order valence-electron chi connectivity index (χ0n) is 10.3. The standard InChI is InChI=1S/C16H12N2O/c19-15-11-10-12-6-4-5-9-14(12)16(15)18-17-13-7-2-1-3-8-13/h1-7,9-11H,8H2/b17-13?,18-16+. The minimum absolute atomic E-state index is 0.0987. The van der Waals surface area contributed by atoms with Crippen LogP contribution in [-0.4, -0.2) is 17.2 Å². The Labute approximate surface area is 111 Å². The average Bonchev–Trinajstić information content (AvgIpc) is 2.47. The van der Waals surface area contributed by atoms with E-state index in [2.05, 4.69) is 10.2 Å². The van der Waals surface area contributed by atoms with Crippen molar-refractivity contribution >= 4 is 23.3 Å². The highest BCUT2D eigenvalue weighted by atomic mass is 16.1. The number of allylic oxidation sites excluding steroid dienone is 5. The zero-order valence-corrected chi connectivity index (χ0v) is 10.3. The number of hydrogen-bond donors (Lipinski definition) is 0. The molecule has 2 aliphatic carbocycles. The Morgan fingerprint density at radius 3 is 2.68 bits per heavy atom. The Hall–Kier alpha value is -2.55. The van der Waals surface area contributed by atoms with Crippen molar-refractivity contribution in [1.29, 1.82) is 0 Å². The summed E-state index contributed by atoms with van der Waals surface area (Å²) in [6, 6.07) is 7.70. The Balaban J connectivity index is 2.00. The van der Waals surface area contributed by atoms with E-state index in [-0.39, 0.29) is 5.78 Å². The first-order valence-corrected chi connectivity index (χ1v) is 6.14. The number of rotatable bonds is 1. The summed E-state index contributed by atoms with van der Waals surface area (Å²) in [6.45, 7) is 0. The van der Waals surface area contributed by atoms with Crippen LogP contribution in [0.4, 0.5) is 0 Å². The summed E-state index contributed by atoms with van der Waals surface area (Å²) in [6.07, 6.45) is 11.9. The number of hydrogen-bond acceptors (Lipinski definition) is 3. The van der Waals surface area contributed by atoms with Crippen LogP contribution in [0.15, 0.2) is 64.8 Å². The van der Waals surface area contributed by atoms with E-state index in [9.17, 15) is 4.79 Å². The molecule has 0 aromatic heterocycles. The number of fused-ring (bicyclic) bond motifs is 1. The molecular formula is C16H12N2O. The fraction of sp³-hybridized carbons (Fsp3) is 0.0625. The molecule has 0 bridgehead atoms. The predicted octanol–water partition coefficient (Wildman–Crippen LogP) is 2.94. The van der Waals surface area contributed by atoms with Crippen LogP contribution in [-0.2, 0) is 4.79 Å². The Morgan fingerprint density at radius 2 is 1.84 bits per heavy atom. The molecule has 0 radical (unpaired) electrons. The third-order valence-electron chi connectivity index (χ3n) is 3.00. The van der Waals surface area contributed by atoms with Gasteiger partial charge in [0.1, 0.15) is 5.71 Å². The van der Waals surface area contributed by atoms with E-state index < -0.39 is 0 Å². The molecular weight excluding hydrogens is 236 g/mol. The fourth-order valence-corrected chi connectivity index (χ4v) is 2.03. The summed E-state index contributed by atoms with van der Waals surface area (Å²) >= 11 is 0. The van der Waals surface area contributed by atoms with Crippen LogP contribution in [0.1, 0.15) is 17.5 Å². The molecule has 19 heavy (non-hydrogen) atoms. The normalized spacial score (nSPS) is 21.2. The molecule has 0 aliphatic heterocycles. The second kappa shape index (κ2) is 4.98. The average molecular weight is 248 g/mol. The largest absolute Gasteiger partial charge is 0.287 e. The van der Waals surface area contributed by atoms with Crippen LogP contribution in [0, 0.1) is 0 Å². The summed E-state index contributed by atoms with van der Waals surface area (Å²) < 4.78 is 0. The molecule has 0 saturated heterocycles. The van der Waals surface area contributed by atoms with E-state index in [0.717, 1.165) is 23.3 Å². The molecule has 0 saturated carbocycles. The summed E-state index contributed by atoms with van der Waals surface area (Å²) in [5.41, 5.74) is 3.11. The van der Waals surface area contributed by atoms with Crippen molar-refractivity contribution < 1.29 is 4.79 Å². The van der Waals surface area contributed by atoms with E-state index in [1.165, 1.54) is 6.08 Å². The van der Waals surface area contributed by atoms with Crippen LogP contribution < -0.4 is 0 Å². The number of carbonyl (C=O) groups excluding carboxylic acids is 1. The molecule has 3 heteroatoms. The number of benzene rings is 1. The van der Waals surface area contributed by atoms with Gasteiger partial charge in [-0.2, -0.15) is 5.10 Å². The van der Waals surface area contributed by atoms with Gasteiger partial charge in [-0.1, -0.05) is 48.6 Å². The maximum atomic E-state index is 11.9. The van der Waals surface area contributed by atoms with E-state index in [0.29, 0.717) is 5.71 Å². The molecule has 2 aliphatic rings. The van der Waals surface area contributed by atoms with Crippen molar-refractivity contribution in [2.24, 2.45) is 10.2 Å². The molecule has 0 N–H and O–H groups in total. The zero-order chi connectivity index (χ0) is 13.1. The first kappa shape index (κ1) is 11.5. The van der Waals surface area contributed by atoms with Crippen LogP contribution >= 0.6 is 0 Å². The molecule has 1 aromatic carbocycles. The maximum absolute atomic E-state index is 11.9. The summed E-state index contributed by atoms with van der Waals surface area (Å²) in [7, 11) is 0. The van der Waals surface area contributed by atoms with Gasteiger partial charge in [0.05, 0.1) is 5.71 Å². The molecule has 0 amide bonds. The van der Waals surface area contributed by atoms with Gasteiger partial charge in [0.2, 0.25) is 5.78 Å².